The van der Waals surface area contributed by atoms with Crippen molar-refractivity contribution >= 4 is 26.0 Å². The van der Waals surface area contributed by atoms with Crippen molar-refractivity contribution in [1.29, 1.82) is 0 Å². The molecule has 0 aromatic heterocycles. The van der Waals surface area contributed by atoms with Crippen LogP contribution in [0, 0.1) is 0 Å². The molecular formula is C15H25BrN2O2S. The smallest absolute Gasteiger partial charge is 0.244 e. The molecule has 120 valence electrons. The molecule has 0 unspecified atom stereocenters. The Morgan fingerprint density at radius 1 is 1.29 bits per heavy atom. The van der Waals surface area contributed by atoms with Gasteiger partial charge in [0, 0.05) is 23.6 Å². The number of halogens is 1. The fraction of sp³-hybridized carbons (Fsp3) is 0.600. The van der Waals surface area contributed by atoms with E-state index in [0.29, 0.717) is 22.5 Å². The molecule has 1 aromatic carbocycles. The Bertz CT molecular complexity index is 559. The number of hydrogen-bond acceptors (Lipinski definition) is 3. The quantitative estimate of drug-likeness (QED) is 0.707. The molecule has 0 spiro atoms. The number of nitrogens with zero attached hydrogens (tertiary/aromatic N) is 1. The van der Waals surface area contributed by atoms with E-state index in [4.69, 9.17) is 0 Å². The maximum atomic E-state index is 12.8. The van der Waals surface area contributed by atoms with Crippen LogP contribution in [0.1, 0.15) is 39.7 Å². The summed E-state index contributed by atoms with van der Waals surface area (Å²) in [6, 6.07) is 5.45. The van der Waals surface area contributed by atoms with E-state index in [-0.39, 0.29) is 6.04 Å². The lowest BCUT2D eigenvalue weighted by atomic mass is 10.2. The summed E-state index contributed by atoms with van der Waals surface area (Å²) in [4.78, 5) is 0.342. The Labute approximate surface area is 137 Å². The van der Waals surface area contributed by atoms with Gasteiger partial charge in [-0.15, -0.1) is 0 Å². The van der Waals surface area contributed by atoms with Gasteiger partial charge in [0.2, 0.25) is 10.0 Å². The van der Waals surface area contributed by atoms with E-state index in [1.807, 2.05) is 32.9 Å². The highest BCUT2D eigenvalue weighted by molar-refractivity contribution is 9.10. The van der Waals surface area contributed by atoms with Gasteiger partial charge in [0.15, 0.2) is 0 Å². The fourth-order valence-electron chi connectivity index (χ4n) is 2.20. The van der Waals surface area contributed by atoms with E-state index >= 15 is 0 Å². The van der Waals surface area contributed by atoms with Crippen LogP contribution in [-0.4, -0.2) is 31.9 Å². The van der Waals surface area contributed by atoms with Crippen molar-refractivity contribution in [2.45, 2.75) is 51.6 Å². The Hall–Kier alpha value is -0.430. The van der Waals surface area contributed by atoms with Gasteiger partial charge in [0.25, 0.3) is 0 Å². The molecular weight excluding hydrogens is 352 g/mol. The highest BCUT2D eigenvalue weighted by Crippen LogP contribution is 2.27. The lowest BCUT2D eigenvalue weighted by Gasteiger charge is -2.25. The summed E-state index contributed by atoms with van der Waals surface area (Å²) >= 11 is 3.37. The second-order valence-corrected chi connectivity index (χ2v) is 7.96. The van der Waals surface area contributed by atoms with E-state index < -0.39 is 10.0 Å². The number of nitrogens with one attached hydrogen (secondary N) is 1. The number of rotatable bonds is 8. The van der Waals surface area contributed by atoms with Crippen LogP contribution < -0.4 is 5.32 Å². The van der Waals surface area contributed by atoms with Gasteiger partial charge < -0.3 is 5.32 Å². The fourth-order valence-corrected chi connectivity index (χ4v) is 4.83. The predicted molar refractivity (Wildman–Crippen MR) is 90.8 cm³/mol. The standard InChI is InChI=1S/C15H25BrN2O2S/c1-5-9-17-11-13-7-8-14(16)15(10-13)21(19,20)18(6-2)12(3)4/h7-8,10,12,17H,5-6,9,11H2,1-4H3. The average Bonchev–Trinajstić information content (AvgIpc) is 2.40. The van der Waals surface area contributed by atoms with Crippen molar-refractivity contribution in [3.63, 3.8) is 0 Å². The minimum Gasteiger partial charge on any atom is -0.313 e. The summed E-state index contributed by atoms with van der Waals surface area (Å²) in [5, 5.41) is 3.29. The summed E-state index contributed by atoms with van der Waals surface area (Å²) in [5.41, 5.74) is 0.977. The third kappa shape index (κ3) is 4.77. The first-order valence-electron chi connectivity index (χ1n) is 7.35. The van der Waals surface area contributed by atoms with Gasteiger partial charge in [-0.1, -0.05) is 19.9 Å². The van der Waals surface area contributed by atoms with Crippen molar-refractivity contribution in [3.05, 3.63) is 28.2 Å². The van der Waals surface area contributed by atoms with Gasteiger partial charge in [-0.3, -0.25) is 0 Å². The molecule has 21 heavy (non-hydrogen) atoms. The third-order valence-corrected chi connectivity index (χ3v) is 6.37. The van der Waals surface area contributed by atoms with Crippen LogP contribution in [0.15, 0.2) is 27.6 Å². The van der Waals surface area contributed by atoms with Crippen LogP contribution in [0.25, 0.3) is 0 Å². The van der Waals surface area contributed by atoms with Crippen LogP contribution >= 0.6 is 15.9 Å². The first-order valence-corrected chi connectivity index (χ1v) is 9.58. The summed E-state index contributed by atoms with van der Waals surface area (Å²) in [6.07, 6.45) is 1.05. The maximum Gasteiger partial charge on any atom is 0.244 e. The molecule has 0 fully saturated rings. The summed E-state index contributed by atoms with van der Waals surface area (Å²) < 4.78 is 27.7. The van der Waals surface area contributed by atoms with Crippen LogP contribution in [0.2, 0.25) is 0 Å². The summed E-state index contributed by atoms with van der Waals surface area (Å²) in [5.74, 6) is 0. The zero-order valence-corrected chi connectivity index (χ0v) is 15.6. The van der Waals surface area contributed by atoms with Crippen molar-refractivity contribution < 1.29 is 8.42 Å². The van der Waals surface area contributed by atoms with Gasteiger partial charge in [0.1, 0.15) is 0 Å². The Balaban J connectivity index is 3.13. The molecule has 1 rings (SSSR count). The van der Waals surface area contributed by atoms with Gasteiger partial charge in [0.05, 0.1) is 4.90 Å². The third-order valence-electron chi connectivity index (χ3n) is 3.23. The predicted octanol–water partition coefficient (Wildman–Crippen LogP) is 3.37. The van der Waals surface area contributed by atoms with Crippen LogP contribution in [0.3, 0.4) is 0 Å². The molecule has 0 radical (unpaired) electrons. The molecule has 6 heteroatoms. The highest BCUT2D eigenvalue weighted by Gasteiger charge is 2.27. The van der Waals surface area contributed by atoms with E-state index in [1.165, 1.54) is 4.31 Å². The molecule has 0 saturated carbocycles. The van der Waals surface area contributed by atoms with Gasteiger partial charge in [-0.25, -0.2) is 8.42 Å². The molecule has 0 bridgehead atoms. The molecule has 0 heterocycles. The van der Waals surface area contributed by atoms with Crippen molar-refractivity contribution in [1.82, 2.24) is 9.62 Å². The second kappa shape index (κ2) is 8.27. The van der Waals surface area contributed by atoms with Crippen molar-refractivity contribution in [2.75, 3.05) is 13.1 Å². The number of hydrogen-bond donors (Lipinski definition) is 1. The van der Waals surface area contributed by atoms with E-state index in [2.05, 4.69) is 28.2 Å². The largest absolute Gasteiger partial charge is 0.313 e. The minimum atomic E-state index is -3.48. The van der Waals surface area contributed by atoms with Crippen molar-refractivity contribution in [3.8, 4) is 0 Å². The molecule has 0 atom stereocenters. The zero-order chi connectivity index (χ0) is 16.0. The molecule has 4 nitrogen and oxygen atoms in total. The Morgan fingerprint density at radius 3 is 2.48 bits per heavy atom. The molecule has 0 aliphatic carbocycles. The minimum absolute atomic E-state index is 0.0613. The number of benzene rings is 1. The molecule has 1 aromatic rings. The van der Waals surface area contributed by atoms with Crippen LogP contribution in [0.4, 0.5) is 0 Å². The normalized spacial score (nSPS) is 12.3. The maximum absolute atomic E-state index is 12.8. The first kappa shape index (κ1) is 18.6. The SMILES string of the molecule is CCCNCc1ccc(Br)c(S(=O)(=O)N(CC)C(C)C)c1. The van der Waals surface area contributed by atoms with E-state index in [9.17, 15) is 8.42 Å². The monoisotopic (exact) mass is 376 g/mol. The van der Waals surface area contributed by atoms with Gasteiger partial charge >= 0.3 is 0 Å². The van der Waals surface area contributed by atoms with Gasteiger partial charge in [-0.2, -0.15) is 4.31 Å². The second-order valence-electron chi connectivity index (χ2n) is 5.24. The Kier molecular flexibility index (Phi) is 7.33. The summed E-state index contributed by atoms with van der Waals surface area (Å²) in [7, 11) is -3.48. The van der Waals surface area contributed by atoms with E-state index in [1.54, 1.807) is 6.07 Å². The topological polar surface area (TPSA) is 49.4 Å². The highest BCUT2D eigenvalue weighted by atomic mass is 79.9. The number of sulfonamides is 1. The molecule has 0 saturated heterocycles. The lowest BCUT2D eigenvalue weighted by molar-refractivity contribution is 0.369. The zero-order valence-electron chi connectivity index (χ0n) is 13.2. The average molecular weight is 377 g/mol. The van der Waals surface area contributed by atoms with Crippen LogP contribution in [-0.2, 0) is 16.6 Å². The lowest BCUT2D eigenvalue weighted by Crippen LogP contribution is -2.36. The Morgan fingerprint density at radius 2 is 1.95 bits per heavy atom. The first-order chi connectivity index (χ1) is 9.84. The molecule has 0 aliphatic heterocycles. The van der Waals surface area contributed by atoms with E-state index in [0.717, 1.165) is 18.5 Å². The molecule has 1 N–H and O–H groups in total. The van der Waals surface area contributed by atoms with Crippen molar-refractivity contribution in [2.24, 2.45) is 0 Å². The molecule has 0 amide bonds. The summed E-state index contributed by atoms with van der Waals surface area (Å²) in [6.45, 7) is 9.81. The molecule has 0 aliphatic rings. The van der Waals surface area contributed by atoms with Gasteiger partial charge in [-0.05, 0) is 60.4 Å². The van der Waals surface area contributed by atoms with Crippen LogP contribution in [0.5, 0.6) is 0 Å².